The normalized spacial score (nSPS) is 17.9. The number of benzene rings is 1. The number of piperidine rings is 1. The van der Waals surface area contributed by atoms with Crippen LogP contribution in [0.5, 0.6) is 0 Å². The third kappa shape index (κ3) is 3.33. The Balaban J connectivity index is 2.16. The van der Waals surface area contributed by atoms with Crippen molar-refractivity contribution in [1.29, 1.82) is 0 Å². The summed E-state index contributed by atoms with van der Waals surface area (Å²) < 4.78 is 23.1. The first-order valence-electron chi connectivity index (χ1n) is 7.66. The number of nitrogens with one attached hydrogen (secondary N) is 2. The Bertz CT molecular complexity index is 635. The highest BCUT2D eigenvalue weighted by Crippen LogP contribution is 2.28. The van der Waals surface area contributed by atoms with Gasteiger partial charge in [-0.25, -0.2) is 8.42 Å². The van der Waals surface area contributed by atoms with Crippen LogP contribution in [0.1, 0.15) is 30.9 Å². The lowest BCUT2D eigenvalue weighted by Gasteiger charge is -2.34. The number of sulfone groups is 1. The van der Waals surface area contributed by atoms with Gasteiger partial charge in [0.1, 0.15) is 0 Å². The quantitative estimate of drug-likeness (QED) is 0.848. The summed E-state index contributed by atoms with van der Waals surface area (Å²) in [5.41, 5.74) is 2.21. The molecular formula is C16H24N2O3S. The number of aryl methyl sites for hydroxylation is 1. The molecule has 1 aromatic rings. The van der Waals surface area contributed by atoms with Gasteiger partial charge in [0.05, 0.1) is 0 Å². The van der Waals surface area contributed by atoms with Crippen molar-refractivity contribution in [3.8, 4) is 0 Å². The van der Waals surface area contributed by atoms with Crippen molar-refractivity contribution in [2.45, 2.75) is 37.5 Å². The zero-order chi connectivity index (χ0) is 16.2. The molecule has 1 amide bonds. The summed E-state index contributed by atoms with van der Waals surface area (Å²) >= 11 is 0. The predicted octanol–water partition coefficient (Wildman–Crippen LogP) is 1.03. The second-order valence-corrected chi connectivity index (χ2v) is 8.15. The van der Waals surface area contributed by atoms with Crippen molar-refractivity contribution in [2.75, 3.05) is 19.3 Å². The molecule has 1 saturated heterocycles. The molecule has 122 valence electrons. The summed E-state index contributed by atoms with van der Waals surface area (Å²) in [4.78, 5) is 12.6. The minimum Gasteiger partial charge on any atom is -0.351 e. The van der Waals surface area contributed by atoms with Crippen LogP contribution in [0.15, 0.2) is 24.3 Å². The lowest BCUT2D eigenvalue weighted by Crippen LogP contribution is -2.57. The molecule has 22 heavy (non-hydrogen) atoms. The maximum atomic E-state index is 12.6. The van der Waals surface area contributed by atoms with Crippen molar-refractivity contribution in [3.05, 3.63) is 35.4 Å². The van der Waals surface area contributed by atoms with Gasteiger partial charge in [-0.1, -0.05) is 31.2 Å². The Hall–Kier alpha value is -1.40. The third-order valence-electron chi connectivity index (χ3n) is 4.47. The first-order valence-corrected chi connectivity index (χ1v) is 9.55. The average Bonchev–Trinajstić information content (AvgIpc) is 2.52. The molecular weight excluding hydrogens is 300 g/mol. The highest BCUT2D eigenvalue weighted by molar-refractivity contribution is 7.92. The van der Waals surface area contributed by atoms with E-state index in [2.05, 4.69) is 17.6 Å². The van der Waals surface area contributed by atoms with Gasteiger partial charge in [-0.3, -0.25) is 4.79 Å². The van der Waals surface area contributed by atoms with Gasteiger partial charge in [-0.05, 0) is 43.5 Å². The summed E-state index contributed by atoms with van der Waals surface area (Å²) in [6.07, 6.45) is 2.70. The van der Waals surface area contributed by atoms with Crippen molar-refractivity contribution in [3.63, 3.8) is 0 Å². The minimum atomic E-state index is -3.46. The second-order valence-electron chi connectivity index (χ2n) is 5.82. The highest BCUT2D eigenvalue weighted by Gasteiger charge is 2.48. The maximum absolute atomic E-state index is 12.6. The monoisotopic (exact) mass is 324 g/mol. The zero-order valence-corrected chi connectivity index (χ0v) is 14.0. The molecule has 2 rings (SSSR count). The van der Waals surface area contributed by atoms with E-state index in [1.807, 2.05) is 24.3 Å². The average molecular weight is 324 g/mol. The van der Waals surface area contributed by atoms with Gasteiger partial charge < -0.3 is 10.6 Å². The first-order chi connectivity index (χ1) is 10.4. The van der Waals surface area contributed by atoms with Crippen LogP contribution in [-0.4, -0.2) is 38.4 Å². The van der Waals surface area contributed by atoms with E-state index in [9.17, 15) is 13.2 Å². The van der Waals surface area contributed by atoms with Crippen LogP contribution in [0, 0.1) is 0 Å². The number of hydrogen-bond donors (Lipinski definition) is 2. The number of rotatable bonds is 5. The topological polar surface area (TPSA) is 75.3 Å². The smallest absolute Gasteiger partial charge is 0.241 e. The van der Waals surface area contributed by atoms with Crippen molar-refractivity contribution in [1.82, 2.24) is 10.6 Å². The van der Waals surface area contributed by atoms with Gasteiger partial charge in [-0.2, -0.15) is 0 Å². The number of carbonyl (C=O) groups excluding carboxylic acids is 1. The Morgan fingerprint density at radius 3 is 2.36 bits per heavy atom. The molecule has 6 heteroatoms. The maximum Gasteiger partial charge on any atom is 0.241 e. The molecule has 1 aromatic carbocycles. The van der Waals surface area contributed by atoms with Gasteiger partial charge in [0.2, 0.25) is 5.91 Å². The fourth-order valence-corrected chi connectivity index (χ4v) is 4.36. The van der Waals surface area contributed by atoms with Gasteiger partial charge >= 0.3 is 0 Å². The second kappa shape index (κ2) is 6.79. The summed E-state index contributed by atoms with van der Waals surface area (Å²) in [5, 5.41) is 5.96. The van der Waals surface area contributed by atoms with Gasteiger partial charge in [0.25, 0.3) is 0 Å². The van der Waals surface area contributed by atoms with E-state index in [0.29, 0.717) is 32.5 Å². The summed E-state index contributed by atoms with van der Waals surface area (Å²) in [6, 6.07) is 7.89. The van der Waals surface area contributed by atoms with E-state index in [-0.39, 0.29) is 5.91 Å². The van der Waals surface area contributed by atoms with E-state index < -0.39 is 14.6 Å². The zero-order valence-electron chi connectivity index (χ0n) is 13.2. The SMILES string of the molecule is CCc1ccccc1CNC(=O)C1(S(C)(=O)=O)CCNCC1. The summed E-state index contributed by atoms with van der Waals surface area (Å²) in [6.45, 7) is 3.52. The molecule has 0 atom stereocenters. The van der Waals surface area contributed by atoms with Crippen LogP contribution in [0.2, 0.25) is 0 Å². The highest BCUT2D eigenvalue weighted by atomic mass is 32.2. The molecule has 0 saturated carbocycles. The molecule has 0 aliphatic carbocycles. The lowest BCUT2D eigenvalue weighted by molar-refractivity contribution is -0.124. The number of amides is 1. The van der Waals surface area contributed by atoms with E-state index in [4.69, 9.17) is 0 Å². The molecule has 5 nitrogen and oxygen atoms in total. The molecule has 0 radical (unpaired) electrons. The van der Waals surface area contributed by atoms with E-state index in [0.717, 1.165) is 18.2 Å². The van der Waals surface area contributed by atoms with Gasteiger partial charge in [-0.15, -0.1) is 0 Å². The molecule has 2 N–H and O–H groups in total. The summed E-state index contributed by atoms with van der Waals surface area (Å²) in [7, 11) is -3.46. The van der Waals surface area contributed by atoms with Crippen LogP contribution in [0.4, 0.5) is 0 Å². The molecule has 0 spiro atoms. The van der Waals surface area contributed by atoms with Crippen LogP contribution < -0.4 is 10.6 Å². The fourth-order valence-electron chi connectivity index (χ4n) is 3.01. The Morgan fingerprint density at radius 2 is 1.82 bits per heavy atom. The molecule has 0 unspecified atom stereocenters. The van der Waals surface area contributed by atoms with Crippen LogP contribution in [0.25, 0.3) is 0 Å². The van der Waals surface area contributed by atoms with Crippen LogP contribution in [-0.2, 0) is 27.6 Å². The number of hydrogen-bond acceptors (Lipinski definition) is 4. The van der Waals surface area contributed by atoms with Crippen molar-refractivity contribution < 1.29 is 13.2 Å². The molecule has 1 heterocycles. The Labute approximate surface area is 132 Å². The van der Waals surface area contributed by atoms with E-state index in [1.54, 1.807) is 0 Å². The van der Waals surface area contributed by atoms with Crippen LogP contribution in [0.3, 0.4) is 0 Å². The third-order valence-corrected chi connectivity index (χ3v) is 6.49. The van der Waals surface area contributed by atoms with Crippen molar-refractivity contribution >= 4 is 15.7 Å². The van der Waals surface area contributed by atoms with Gasteiger partial charge in [0.15, 0.2) is 14.6 Å². The Morgan fingerprint density at radius 1 is 1.23 bits per heavy atom. The molecule has 0 bridgehead atoms. The van der Waals surface area contributed by atoms with E-state index >= 15 is 0 Å². The minimum absolute atomic E-state index is 0.326. The predicted molar refractivity (Wildman–Crippen MR) is 87.3 cm³/mol. The summed E-state index contributed by atoms with van der Waals surface area (Å²) in [5.74, 6) is -0.373. The van der Waals surface area contributed by atoms with Crippen molar-refractivity contribution in [2.24, 2.45) is 0 Å². The Kier molecular flexibility index (Phi) is 5.24. The van der Waals surface area contributed by atoms with Crippen LogP contribution >= 0.6 is 0 Å². The lowest BCUT2D eigenvalue weighted by atomic mass is 9.95. The molecule has 1 aliphatic heterocycles. The molecule has 1 aliphatic rings. The number of carbonyl (C=O) groups is 1. The largest absolute Gasteiger partial charge is 0.351 e. The van der Waals surface area contributed by atoms with Gasteiger partial charge in [0, 0.05) is 12.8 Å². The molecule has 0 aromatic heterocycles. The van der Waals surface area contributed by atoms with E-state index in [1.165, 1.54) is 5.56 Å². The molecule has 1 fully saturated rings. The standard InChI is InChI=1S/C16H24N2O3S/c1-3-13-6-4-5-7-14(13)12-18-15(19)16(22(2,20)21)8-10-17-11-9-16/h4-7,17H,3,8-12H2,1-2H3,(H,18,19). The first kappa shape index (κ1) is 17.0. The fraction of sp³-hybridized carbons (Fsp3) is 0.562.